The van der Waals surface area contributed by atoms with Gasteiger partial charge in [-0.2, -0.15) is 4.98 Å². The molecule has 0 saturated carbocycles. The third-order valence-corrected chi connectivity index (χ3v) is 2.73. The number of halogens is 1. The second-order valence-electron chi connectivity index (χ2n) is 3.96. The van der Waals surface area contributed by atoms with Crippen molar-refractivity contribution in [1.29, 1.82) is 0 Å². The minimum absolute atomic E-state index is 0.0672. The van der Waals surface area contributed by atoms with Crippen molar-refractivity contribution in [3.8, 4) is 11.6 Å². The molecule has 0 unspecified atom stereocenters. The summed E-state index contributed by atoms with van der Waals surface area (Å²) in [6.07, 6.45) is 0. The summed E-state index contributed by atoms with van der Waals surface area (Å²) in [5.41, 5.74) is 2.87. The molecule has 0 saturated heterocycles. The number of nitro groups is 1. The number of nitrogen functional groups attached to an aromatic ring is 1. The predicted octanol–water partition coefficient (Wildman–Crippen LogP) is 3.03. The summed E-state index contributed by atoms with van der Waals surface area (Å²) in [4.78, 5) is 14.3. The monoisotopic (exact) mass is 294 g/mol. The van der Waals surface area contributed by atoms with Gasteiger partial charge in [-0.3, -0.25) is 10.1 Å². The lowest BCUT2D eigenvalue weighted by Crippen LogP contribution is -2.09. The second-order valence-corrected chi connectivity index (χ2v) is 4.40. The van der Waals surface area contributed by atoms with Gasteiger partial charge >= 0.3 is 0 Å². The van der Waals surface area contributed by atoms with Crippen molar-refractivity contribution >= 4 is 23.1 Å². The van der Waals surface area contributed by atoms with E-state index in [9.17, 15) is 10.1 Å². The van der Waals surface area contributed by atoms with Crippen LogP contribution in [0, 0.1) is 17.0 Å². The van der Waals surface area contributed by atoms with Crippen LogP contribution >= 0.6 is 11.6 Å². The van der Waals surface area contributed by atoms with Gasteiger partial charge in [0.05, 0.1) is 17.1 Å². The van der Waals surface area contributed by atoms with Crippen LogP contribution in [0.3, 0.4) is 0 Å². The maximum Gasteiger partial charge on any atom is 0.278 e. The fraction of sp³-hybridized carbons (Fsp3) is 0.0833. The van der Waals surface area contributed by atoms with Gasteiger partial charge in [0.1, 0.15) is 5.75 Å². The minimum atomic E-state index is -0.551. The highest BCUT2D eigenvalue weighted by Gasteiger charge is 2.13. The van der Waals surface area contributed by atoms with Crippen molar-refractivity contribution in [3.63, 3.8) is 0 Å². The van der Waals surface area contributed by atoms with Gasteiger partial charge < -0.3 is 10.2 Å². The van der Waals surface area contributed by atoms with Gasteiger partial charge in [-0.1, -0.05) is 11.6 Å². The Morgan fingerprint density at radius 3 is 2.75 bits per heavy atom. The molecule has 0 spiro atoms. The van der Waals surface area contributed by atoms with E-state index in [0.29, 0.717) is 10.8 Å². The zero-order chi connectivity index (χ0) is 14.7. The molecule has 0 amide bonds. The topological polar surface area (TPSA) is 103 Å². The van der Waals surface area contributed by atoms with Crippen LogP contribution in [0.2, 0.25) is 5.02 Å². The molecule has 1 aromatic carbocycles. The van der Waals surface area contributed by atoms with Crippen molar-refractivity contribution in [2.75, 3.05) is 5.43 Å². The molecule has 1 heterocycles. The van der Waals surface area contributed by atoms with Crippen molar-refractivity contribution in [1.82, 2.24) is 4.98 Å². The average molecular weight is 295 g/mol. The highest BCUT2D eigenvalue weighted by molar-refractivity contribution is 6.30. The van der Waals surface area contributed by atoms with Crippen LogP contribution < -0.4 is 16.0 Å². The van der Waals surface area contributed by atoms with Gasteiger partial charge in [0.2, 0.25) is 5.88 Å². The van der Waals surface area contributed by atoms with Crippen LogP contribution in [0.1, 0.15) is 5.56 Å². The van der Waals surface area contributed by atoms with Crippen molar-refractivity contribution in [3.05, 3.63) is 51.0 Å². The Bertz CT molecular complexity index is 663. The Kier molecular flexibility index (Phi) is 4.02. The molecular formula is C12H11ClN4O3. The first-order valence-electron chi connectivity index (χ1n) is 5.56. The fourth-order valence-corrected chi connectivity index (χ4v) is 1.79. The molecule has 7 nitrogen and oxygen atoms in total. The molecule has 0 aliphatic rings. The van der Waals surface area contributed by atoms with E-state index in [1.54, 1.807) is 25.1 Å². The standard InChI is InChI=1S/C12H11ClN4O3/c1-7-4-8(13)2-3-10(7)20-12-6-9(17(18)19)5-11(15-12)16-14/h2-6H,14H2,1H3,(H,15,16). The molecule has 0 fully saturated rings. The third kappa shape index (κ3) is 3.14. The zero-order valence-electron chi connectivity index (χ0n) is 10.5. The van der Waals surface area contributed by atoms with Crippen LogP contribution in [0.25, 0.3) is 0 Å². The number of nitrogens with two attached hydrogens (primary N) is 1. The van der Waals surface area contributed by atoms with E-state index in [1.807, 2.05) is 0 Å². The number of pyridine rings is 1. The molecule has 0 aliphatic heterocycles. The molecule has 3 N–H and O–H groups in total. The van der Waals surface area contributed by atoms with Gasteiger partial charge in [0.25, 0.3) is 5.69 Å². The summed E-state index contributed by atoms with van der Waals surface area (Å²) in [5.74, 6) is 5.93. The minimum Gasteiger partial charge on any atom is -0.438 e. The lowest BCUT2D eigenvalue weighted by atomic mass is 10.2. The summed E-state index contributed by atoms with van der Waals surface area (Å²) in [6.45, 7) is 1.81. The quantitative estimate of drug-likeness (QED) is 0.510. The summed E-state index contributed by atoms with van der Waals surface area (Å²) >= 11 is 5.85. The predicted molar refractivity (Wildman–Crippen MR) is 75.0 cm³/mol. The number of hydrazine groups is 1. The molecule has 0 atom stereocenters. The highest BCUT2D eigenvalue weighted by Crippen LogP contribution is 2.29. The number of hydrogen-bond acceptors (Lipinski definition) is 6. The van der Waals surface area contributed by atoms with Crippen LogP contribution in [-0.2, 0) is 0 Å². The number of nitrogens with zero attached hydrogens (tertiary/aromatic N) is 2. The first-order chi connectivity index (χ1) is 9.49. The fourth-order valence-electron chi connectivity index (χ4n) is 1.56. The molecular weight excluding hydrogens is 284 g/mol. The average Bonchev–Trinajstić information content (AvgIpc) is 2.41. The smallest absolute Gasteiger partial charge is 0.278 e. The summed E-state index contributed by atoms with van der Waals surface area (Å²) < 4.78 is 5.53. The molecule has 0 bridgehead atoms. The van der Waals surface area contributed by atoms with Gasteiger partial charge in [0, 0.05) is 5.02 Å². The highest BCUT2D eigenvalue weighted by atomic mass is 35.5. The van der Waals surface area contributed by atoms with Crippen LogP contribution in [-0.4, -0.2) is 9.91 Å². The Morgan fingerprint density at radius 1 is 1.40 bits per heavy atom. The zero-order valence-corrected chi connectivity index (χ0v) is 11.2. The Balaban J connectivity index is 2.37. The Hall–Kier alpha value is -2.38. The van der Waals surface area contributed by atoms with Gasteiger partial charge in [-0.25, -0.2) is 5.84 Å². The molecule has 104 valence electrons. The van der Waals surface area contributed by atoms with Crippen LogP contribution in [0.15, 0.2) is 30.3 Å². The van der Waals surface area contributed by atoms with E-state index in [1.165, 1.54) is 12.1 Å². The van der Waals surface area contributed by atoms with Gasteiger partial charge in [-0.05, 0) is 30.7 Å². The molecule has 2 aromatic rings. The van der Waals surface area contributed by atoms with Crippen LogP contribution in [0.4, 0.5) is 11.5 Å². The summed E-state index contributed by atoms with van der Waals surface area (Å²) in [6, 6.07) is 7.46. The molecule has 0 radical (unpaired) electrons. The second kappa shape index (κ2) is 5.72. The van der Waals surface area contributed by atoms with Crippen molar-refractivity contribution < 1.29 is 9.66 Å². The van der Waals surface area contributed by atoms with E-state index in [4.69, 9.17) is 22.2 Å². The number of hydrogen-bond donors (Lipinski definition) is 2. The number of aryl methyl sites for hydroxylation is 1. The summed E-state index contributed by atoms with van der Waals surface area (Å²) in [7, 11) is 0. The third-order valence-electron chi connectivity index (χ3n) is 2.50. The molecule has 0 aliphatic carbocycles. The van der Waals surface area contributed by atoms with E-state index >= 15 is 0 Å². The maximum absolute atomic E-state index is 10.8. The SMILES string of the molecule is Cc1cc(Cl)ccc1Oc1cc([N+](=O)[O-])cc(NN)n1. The van der Waals surface area contributed by atoms with Crippen molar-refractivity contribution in [2.45, 2.75) is 6.92 Å². The number of rotatable bonds is 4. The van der Waals surface area contributed by atoms with Crippen LogP contribution in [0.5, 0.6) is 11.6 Å². The van der Waals surface area contributed by atoms with Crippen molar-refractivity contribution in [2.24, 2.45) is 5.84 Å². The van der Waals surface area contributed by atoms with E-state index < -0.39 is 4.92 Å². The number of ether oxygens (including phenoxy) is 1. The van der Waals surface area contributed by atoms with E-state index in [2.05, 4.69) is 10.4 Å². The first-order valence-corrected chi connectivity index (χ1v) is 5.94. The number of benzene rings is 1. The molecule has 20 heavy (non-hydrogen) atoms. The Labute approximate surface area is 119 Å². The molecule has 8 heteroatoms. The first kappa shape index (κ1) is 14.0. The lowest BCUT2D eigenvalue weighted by molar-refractivity contribution is -0.384. The molecule has 2 rings (SSSR count). The van der Waals surface area contributed by atoms with Gasteiger partial charge in [-0.15, -0.1) is 0 Å². The largest absolute Gasteiger partial charge is 0.438 e. The normalized spacial score (nSPS) is 10.2. The van der Waals surface area contributed by atoms with Gasteiger partial charge in [0.15, 0.2) is 5.82 Å². The lowest BCUT2D eigenvalue weighted by Gasteiger charge is -2.09. The maximum atomic E-state index is 10.8. The number of anilines is 1. The Morgan fingerprint density at radius 2 is 2.15 bits per heavy atom. The molecule has 1 aromatic heterocycles. The van der Waals surface area contributed by atoms with E-state index in [-0.39, 0.29) is 17.4 Å². The summed E-state index contributed by atoms with van der Waals surface area (Å²) in [5, 5.41) is 11.4. The van der Waals surface area contributed by atoms with E-state index in [0.717, 1.165) is 5.56 Å². The number of aromatic nitrogens is 1. The number of nitrogens with one attached hydrogen (secondary N) is 1.